The number of nitrogens with zero attached hydrogens (tertiary/aromatic N) is 5. The average Bonchev–Trinajstić information content (AvgIpc) is 4.09. The topological polar surface area (TPSA) is 284 Å². The number of ether oxygens (including phenoxy) is 2. The van der Waals surface area contributed by atoms with Crippen molar-refractivity contribution in [2.24, 2.45) is 29.6 Å². The van der Waals surface area contributed by atoms with Gasteiger partial charge in [0.25, 0.3) is 11.8 Å². The van der Waals surface area contributed by atoms with Crippen molar-refractivity contribution in [3.63, 3.8) is 0 Å². The fraction of sp³-hybridized carbons (Fsp3) is 0.638. The summed E-state index contributed by atoms with van der Waals surface area (Å²) in [6.45, 7) is 15.2. The van der Waals surface area contributed by atoms with E-state index in [0.717, 1.165) is 22.4 Å². The van der Waals surface area contributed by atoms with E-state index in [2.05, 4.69) is 20.9 Å². The maximum absolute atomic E-state index is 14.8. The highest BCUT2D eigenvalue weighted by molar-refractivity contribution is 7.50. The number of likely N-dealkylation sites (N-methyl/N-ethyl adjacent to an activating group) is 2. The summed E-state index contributed by atoms with van der Waals surface area (Å²) in [6, 6.07) is 8.90. The van der Waals surface area contributed by atoms with Gasteiger partial charge < -0.3 is 45.2 Å². The van der Waals surface area contributed by atoms with Gasteiger partial charge in [0.2, 0.25) is 35.4 Å². The molecule has 1 fully saturated rings. The second-order valence-electron chi connectivity index (χ2n) is 22.2. The van der Waals surface area contributed by atoms with Crippen molar-refractivity contribution in [3.8, 4) is 0 Å². The normalized spacial score (nSPS) is 19.0. The number of methoxy groups -OCH3 is 2. The van der Waals surface area contributed by atoms with Crippen LogP contribution in [0, 0.1) is 29.6 Å². The molecule has 2 aromatic rings. The molecule has 1 aromatic carbocycles. The van der Waals surface area contributed by atoms with Gasteiger partial charge in [-0.05, 0) is 81.0 Å². The third kappa shape index (κ3) is 18.9. The molecule has 11 unspecified atom stereocenters. The van der Waals surface area contributed by atoms with Crippen molar-refractivity contribution >= 4 is 55.0 Å². The maximum atomic E-state index is 14.8. The first-order valence-electron chi connectivity index (χ1n) is 28.2. The van der Waals surface area contributed by atoms with Crippen LogP contribution in [0.3, 0.4) is 0 Å². The molecule has 1 saturated heterocycles. The van der Waals surface area contributed by atoms with Gasteiger partial charge >= 0.3 is 7.75 Å². The van der Waals surface area contributed by atoms with E-state index in [1.54, 1.807) is 97.3 Å². The van der Waals surface area contributed by atoms with Crippen molar-refractivity contribution < 1.29 is 66.9 Å². The number of nitrogens with one attached hydrogen (secondary N) is 3. The molecule has 8 amide bonds. The van der Waals surface area contributed by atoms with E-state index < -0.39 is 110 Å². The molecule has 450 valence electrons. The van der Waals surface area contributed by atoms with Gasteiger partial charge in [0, 0.05) is 77.8 Å². The highest BCUT2D eigenvalue weighted by atomic mass is 31.2. The molecule has 0 spiro atoms. The number of benzene rings is 1. The molecular weight excluding hydrogens is 1060 g/mol. The molecule has 3 heterocycles. The van der Waals surface area contributed by atoms with Crippen LogP contribution in [-0.2, 0) is 63.3 Å². The molecule has 0 aliphatic carbocycles. The minimum atomic E-state index is -4.97. The molecule has 2 aliphatic rings. The first-order chi connectivity index (χ1) is 38.3. The molecule has 1 aromatic heterocycles. The van der Waals surface area contributed by atoms with Gasteiger partial charge in [0.05, 0.1) is 42.7 Å². The van der Waals surface area contributed by atoms with Gasteiger partial charge in [-0.1, -0.05) is 97.7 Å². The highest BCUT2D eigenvalue weighted by Gasteiger charge is 2.45. The summed E-state index contributed by atoms with van der Waals surface area (Å²) in [5.74, 6) is -6.42. The molecule has 12 atom stereocenters. The third-order valence-electron chi connectivity index (χ3n) is 15.6. The van der Waals surface area contributed by atoms with Gasteiger partial charge in [-0.2, -0.15) is 4.67 Å². The number of hydrogen-bond donors (Lipinski definition) is 5. The van der Waals surface area contributed by atoms with Crippen molar-refractivity contribution in [2.45, 2.75) is 162 Å². The molecule has 0 radical (unpaired) electrons. The number of pyridine rings is 1. The number of aliphatic hydroxyl groups is 1. The molecule has 2 aliphatic heterocycles. The van der Waals surface area contributed by atoms with Crippen LogP contribution >= 0.6 is 7.75 Å². The lowest BCUT2D eigenvalue weighted by atomic mass is 9.89. The lowest BCUT2D eigenvalue weighted by Crippen LogP contribution is -2.59. The second-order valence-corrected chi connectivity index (χ2v) is 24.0. The predicted molar refractivity (Wildman–Crippen MR) is 303 cm³/mol. The van der Waals surface area contributed by atoms with Gasteiger partial charge in [0.1, 0.15) is 18.2 Å². The Morgan fingerprint density at radius 3 is 2.09 bits per heavy atom. The van der Waals surface area contributed by atoms with E-state index in [0.29, 0.717) is 55.7 Å². The lowest BCUT2D eigenvalue weighted by molar-refractivity contribution is -0.148. The number of carbonyl (C=O) groups is 8. The summed E-state index contributed by atoms with van der Waals surface area (Å²) in [7, 11) is 0.912. The summed E-state index contributed by atoms with van der Waals surface area (Å²) in [4.78, 5) is 126. The van der Waals surface area contributed by atoms with E-state index >= 15 is 0 Å². The number of rotatable bonds is 33. The molecule has 81 heavy (non-hydrogen) atoms. The SMILES string of the molecule is CCC(C)[C@@H](C(CC(=O)N1CCC(C(OC)C(C)C(=O)NC(C)C(O)c2ccccc2)C1)OC)N(C)C(=O)C(NC(=O)C(C(C)C)N(C)P(=O)(O)OC(CCc1cccnc1)C(=O)NCCCCCC(=O)N1C(=O)C=CC1=O)C(C)C. The van der Waals surface area contributed by atoms with Crippen LogP contribution in [0.1, 0.15) is 124 Å². The monoisotopic (exact) mass is 1150 g/mol. The van der Waals surface area contributed by atoms with Crippen molar-refractivity contribution in [3.05, 3.63) is 78.1 Å². The Kier molecular flexibility index (Phi) is 26.9. The Balaban J connectivity index is 1.42. The number of imide groups is 3. The van der Waals surface area contributed by atoms with Gasteiger partial charge in [-0.3, -0.25) is 47.9 Å². The molecule has 4 rings (SSSR count). The van der Waals surface area contributed by atoms with Gasteiger partial charge in [-0.25, -0.2) is 9.46 Å². The maximum Gasteiger partial charge on any atom is 0.406 e. The zero-order valence-electron chi connectivity index (χ0n) is 49.3. The first-order valence-corrected chi connectivity index (χ1v) is 29.8. The number of aryl methyl sites for hydroxylation is 1. The Morgan fingerprint density at radius 1 is 0.840 bits per heavy atom. The molecule has 23 heteroatoms. The molecular formula is C58H89N8O14P. The Bertz CT molecular complexity index is 2490. The van der Waals surface area contributed by atoms with Crippen LogP contribution < -0.4 is 16.0 Å². The number of carbonyl (C=O) groups excluding carboxylic acids is 8. The summed E-state index contributed by atoms with van der Waals surface area (Å²) >= 11 is 0. The van der Waals surface area contributed by atoms with Crippen molar-refractivity contribution in [1.82, 2.24) is 40.3 Å². The summed E-state index contributed by atoms with van der Waals surface area (Å²) < 4.78 is 33.0. The van der Waals surface area contributed by atoms with Crippen LogP contribution in [0.5, 0.6) is 0 Å². The van der Waals surface area contributed by atoms with E-state index in [9.17, 15) is 52.9 Å². The van der Waals surface area contributed by atoms with E-state index in [-0.39, 0.29) is 55.9 Å². The van der Waals surface area contributed by atoms with Crippen LogP contribution in [0.2, 0.25) is 0 Å². The molecule has 22 nitrogen and oxygen atoms in total. The fourth-order valence-corrected chi connectivity index (χ4v) is 12.0. The molecule has 0 bridgehead atoms. The number of aliphatic hydroxyl groups excluding tert-OH is 1. The molecule has 5 N–H and O–H groups in total. The number of hydrogen-bond acceptors (Lipinski definition) is 14. The van der Waals surface area contributed by atoms with Crippen LogP contribution in [0.15, 0.2) is 67.0 Å². The fourth-order valence-electron chi connectivity index (χ4n) is 10.6. The molecule has 0 saturated carbocycles. The van der Waals surface area contributed by atoms with Crippen LogP contribution in [-0.4, -0.2) is 172 Å². The first kappa shape index (κ1) is 67.8. The second kappa shape index (κ2) is 32.2. The van der Waals surface area contributed by atoms with E-state index in [4.69, 9.17) is 14.0 Å². The van der Waals surface area contributed by atoms with Crippen molar-refractivity contribution in [2.75, 3.05) is 47.9 Å². The van der Waals surface area contributed by atoms with E-state index in [1.165, 1.54) is 19.1 Å². The van der Waals surface area contributed by atoms with Crippen LogP contribution in [0.4, 0.5) is 0 Å². The number of amides is 8. The summed E-state index contributed by atoms with van der Waals surface area (Å²) in [6.07, 6.45) is 4.04. The van der Waals surface area contributed by atoms with Gasteiger partial charge in [0.15, 0.2) is 0 Å². The third-order valence-corrected chi connectivity index (χ3v) is 17.2. The summed E-state index contributed by atoms with van der Waals surface area (Å²) in [5.41, 5.74) is 1.42. The number of likely N-dealkylation sites (tertiary alicyclic amines) is 1. The minimum Gasteiger partial charge on any atom is -0.386 e. The minimum absolute atomic E-state index is 0.0363. The lowest BCUT2D eigenvalue weighted by Gasteiger charge is -2.40. The van der Waals surface area contributed by atoms with Crippen molar-refractivity contribution in [1.29, 1.82) is 0 Å². The largest absolute Gasteiger partial charge is 0.406 e. The Hall–Kier alpha value is -5.74. The highest BCUT2D eigenvalue weighted by Crippen LogP contribution is 2.49. The standard InChI is InChI=1S/C58H89N8O14P/c1-13-38(6)52(45(78-11)33-49(70)65-32-29-43(35-65)54(79-12)39(7)55(72)61-40(8)53(71)42-22-16-14-17-23-42)63(9)58(75)50(36(2)3)62-57(74)51(37(4)5)64(10)81(76,77)80-44(26-25-41-21-20-30-59-34-41)56(73)60-31-19-15-18-24-46(67)66-47(68)27-28-48(66)69/h14,16-17,20-23,27-28,30,34,36-40,43-45,50-54,71H,13,15,18-19,24-26,29,31-33,35H2,1-12H3,(H,60,73)(H,61,72)(H,62,74)(H,76,77)/t38?,39?,40?,43?,44?,45?,50?,51?,52-,53?,54?/m0/s1. The van der Waals surface area contributed by atoms with Gasteiger partial charge in [-0.15, -0.1) is 0 Å². The van der Waals surface area contributed by atoms with E-state index in [1.807, 2.05) is 32.0 Å². The summed E-state index contributed by atoms with van der Waals surface area (Å²) in [5, 5.41) is 19.4. The number of aromatic nitrogens is 1. The predicted octanol–water partition coefficient (Wildman–Crippen LogP) is 4.74. The zero-order chi connectivity index (χ0) is 60.3. The smallest absolute Gasteiger partial charge is 0.386 e. The Morgan fingerprint density at radius 2 is 1.51 bits per heavy atom. The number of unbranched alkanes of at least 4 members (excludes halogenated alkanes) is 2. The Labute approximate surface area is 478 Å². The quantitative estimate of drug-likeness (QED) is 0.0367. The van der Waals surface area contributed by atoms with Crippen LogP contribution in [0.25, 0.3) is 0 Å². The zero-order valence-corrected chi connectivity index (χ0v) is 50.2. The average molecular weight is 1150 g/mol.